The molecule has 0 aromatic rings. The van der Waals surface area contributed by atoms with Gasteiger partial charge in [-0.1, -0.05) is 83.1 Å². The van der Waals surface area contributed by atoms with Crippen LogP contribution < -0.4 is 21.3 Å². The lowest BCUT2D eigenvalue weighted by Crippen LogP contribution is -2.44. The fourth-order valence-corrected chi connectivity index (χ4v) is 13.0. The molecular weight excluding hydrogens is 1260 g/mol. The summed E-state index contributed by atoms with van der Waals surface area (Å²) in [6, 6.07) is 0. The first-order valence-electron chi connectivity index (χ1n) is 32.7. The van der Waals surface area contributed by atoms with E-state index in [0.29, 0.717) is 49.7 Å². The molecule has 4 heterocycles. The Labute approximate surface area is 557 Å². The van der Waals surface area contributed by atoms with Crippen molar-refractivity contribution in [1.82, 2.24) is 40.9 Å². The molecule has 5 unspecified atom stereocenters. The predicted octanol–water partition coefficient (Wildman–Crippen LogP) is 4.48. The highest BCUT2D eigenvalue weighted by Gasteiger charge is 2.43. The van der Waals surface area contributed by atoms with Crippen LogP contribution in [-0.4, -0.2) is 200 Å². The van der Waals surface area contributed by atoms with E-state index in [1.807, 2.05) is 81.0 Å². The summed E-state index contributed by atoms with van der Waals surface area (Å²) in [5.74, 6) is -3.34. The molecule has 26 nitrogen and oxygen atoms in total. The summed E-state index contributed by atoms with van der Waals surface area (Å²) in [5.41, 5.74) is 0. The zero-order valence-corrected chi connectivity index (χ0v) is 59.1. The lowest BCUT2D eigenvalue weighted by molar-refractivity contribution is -0.141. The second-order valence-electron chi connectivity index (χ2n) is 25.8. The molecule has 93 heavy (non-hydrogen) atoms. The number of nitrogens with one attached hydrogen (secondary N) is 4. The zero-order valence-electron chi connectivity index (χ0n) is 56.6. The van der Waals surface area contributed by atoms with Gasteiger partial charge in [0.15, 0.2) is 11.0 Å². The van der Waals surface area contributed by atoms with E-state index in [-0.39, 0.29) is 233 Å². The minimum Gasteiger partial charge on any atom is -0.356 e. The number of ketones is 3. The molecule has 4 rings (SSSR count). The van der Waals surface area contributed by atoms with Crippen molar-refractivity contribution >= 4 is 122 Å². The second kappa shape index (κ2) is 41.8. The predicted molar refractivity (Wildman–Crippen MR) is 352 cm³/mol. The van der Waals surface area contributed by atoms with Crippen molar-refractivity contribution in [3.63, 3.8) is 0 Å². The molecule has 5 atom stereocenters. The average molecular weight is 1370 g/mol. The molecule has 4 aliphatic heterocycles. The molecule has 0 aromatic heterocycles. The Kier molecular flexibility index (Phi) is 37.4. The third-order valence-corrected chi connectivity index (χ3v) is 19.8. The highest BCUT2D eigenvalue weighted by atomic mass is 32.2. The average Bonchev–Trinajstić information content (AvgIpc) is 1.85. The molecule has 0 radical (unpaired) electrons. The van der Waals surface area contributed by atoms with Gasteiger partial charge in [0.2, 0.25) is 70.9 Å². The van der Waals surface area contributed by atoms with Crippen LogP contribution in [0, 0.1) is 47.3 Å². The van der Waals surface area contributed by atoms with Gasteiger partial charge in [-0.2, -0.15) is 31.9 Å². The van der Waals surface area contributed by atoms with E-state index in [9.17, 15) is 84.9 Å². The molecule has 29 heteroatoms. The Morgan fingerprint density at radius 2 is 0.753 bits per heavy atom. The summed E-state index contributed by atoms with van der Waals surface area (Å²) in [4.78, 5) is 186. The van der Waals surface area contributed by atoms with Crippen LogP contribution in [0.5, 0.6) is 0 Å². The van der Waals surface area contributed by atoms with Gasteiger partial charge in [-0.05, 0) is 71.4 Å². The molecule has 0 spiro atoms. The van der Waals surface area contributed by atoms with Gasteiger partial charge in [0.25, 0.3) is 10.1 Å². The van der Waals surface area contributed by atoms with Gasteiger partial charge in [0.1, 0.15) is 11.6 Å². The van der Waals surface area contributed by atoms with Crippen molar-refractivity contribution in [3.8, 4) is 0 Å². The van der Waals surface area contributed by atoms with Gasteiger partial charge < -0.3 is 21.3 Å². The Morgan fingerprint density at radius 1 is 0.419 bits per heavy atom. The van der Waals surface area contributed by atoms with Crippen molar-refractivity contribution in [2.24, 2.45) is 47.3 Å². The van der Waals surface area contributed by atoms with Crippen molar-refractivity contribution in [1.29, 1.82) is 0 Å². The van der Waals surface area contributed by atoms with E-state index >= 15 is 0 Å². The van der Waals surface area contributed by atoms with Crippen LogP contribution >= 0.6 is 23.5 Å². The number of carbonyl (C=O) groups is 15. The first-order valence-corrected chi connectivity index (χ1v) is 36.3. The lowest BCUT2D eigenvalue weighted by atomic mass is 9.94. The SMILES string of the molecule is CC(C)C1CC(=O)N(CCCC(=O)CCC(=O)NCC(=O)CCC(=O)NCCC(=O)NCCN2C(=O)CC(C(C)C)C2=O)C1=O.CC(C)SCCC(C(=O)NCCN1C(=O)CC(C(C)C)C1=O)S(=O)(=O)O.CC(C)SCCCC(=O)CCCN1C(=O)CC(C(C)C)C1=O. The molecule has 0 saturated carbocycles. The summed E-state index contributed by atoms with van der Waals surface area (Å²) < 4.78 is 32.2. The van der Waals surface area contributed by atoms with Gasteiger partial charge in [-0.15, -0.1) is 0 Å². The monoisotopic (exact) mass is 1370 g/mol. The molecule has 4 fully saturated rings. The molecule has 4 saturated heterocycles. The summed E-state index contributed by atoms with van der Waals surface area (Å²) >= 11 is 3.36. The second-order valence-corrected chi connectivity index (χ2v) is 30.8. The standard InChI is InChI=1S/C31H47N5O9.C17H29NO3S.C16H28N2O6S2/c1-19(2)23-16-28(42)35(30(23)44)14-5-6-21(37)7-9-26(40)34-18-22(38)8-10-25(39)32-12-11-27(41)33-13-15-36-29(43)17-24(20(3)4)31(36)45;1-12(2)15-11-16(20)18(17(15)21)9-5-7-14(19)8-6-10-22-13(3)4;1-10(2)12-9-14(19)18(16(12)21)7-6-17-15(20)13(26(22,23)24)5-8-25-11(3)4/h19-20,23-24H,5-18H2,1-4H3,(H,32,39)(H,33,41)(H,34,40);12-13,15H,5-11H2,1-4H3;10-13H,5-9H2,1-4H3,(H,17,20)(H,22,23,24). The maximum Gasteiger partial charge on any atom is 0.276 e. The number of amides is 12. The summed E-state index contributed by atoms with van der Waals surface area (Å²) in [5, 5.41) is 9.33. The number of hydrogen-bond acceptors (Lipinski definition) is 19. The van der Waals surface area contributed by atoms with Crippen LogP contribution in [0.25, 0.3) is 0 Å². The number of carbonyl (C=O) groups excluding carboxylic acids is 15. The molecule has 0 aliphatic carbocycles. The number of thioether (sulfide) groups is 2. The highest BCUT2D eigenvalue weighted by Crippen LogP contribution is 2.30. The van der Waals surface area contributed by atoms with Crippen LogP contribution in [0.15, 0.2) is 0 Å². The first kappa shape index (κ1) is 83.2. The summed E-state index contributed by atoms with van der Waals surface area (Å²) in [6.45, 7) is 23.9. The van der Waals surface area contributed by atoms with Crippen molar-refractivity contribution < 1.29 is 84.9 Å². The van der Waals surface area contributed by atoms with Gasteiger partial charge in [-0.25, -0.2) is 0 Å². The smallest absolute Gasteiger partial charge is 0.276 e. The van der Waals surface area contributed by atoms with E-state index in [1.54, 1.807) is 0 Å². The third kappa shape index (κ3) is 30.1. The third-order valence-electron chi connectivity index (χ3n) is 16.3. The number of Topliss-reactive ketones (excluding diaryl/α,β-unsaturated/α-hetero) is 3. The normalized spacial score (nSPS) is 18.7. The van der Waals surface area contributed by atoms with Crippen LogP contribution in [0.3, 0.4) is 0 Å². The number of likely N-dealkylation sites (tertiary alicyclic amines) is 4. The molecule has 5 N–H and O–H groups in total. The highest BCUT2D eigenvalue weighted by molar-refractivity contribution is 8.00. The minimum absolute atomic E-state index is 0.00837. The van der Waals surface area contributed by atoms with E-state index in [4.69, 9.17) is 0 Å². The molecule has 0 aromatic carbocycles. The molecular formula is C64H104N8O18S3. The van der Waals surface area contributed by atoms with E-state index in [0.717, 1.165) is 17.1 Å². The Balaban J connectivity index is 0.000000519. The van der Waals surface area contributed by atoms with E-state index < -0.39 is 33.1 Å². The van der Waals surface area contributed by atoms with Crippen molar-refractivity contribution in [2.75, 3.05) is 63.9 Å². The Bertz CT molecular complexity index is 2760. The van der Waals surface area contributed by atoms with E-state index in [1.165, 1.54) is 26.5 Å². The van der Waals surface area contributed by atoms with Crippen LogP contribution in [0.1, 0.15) is 186 Å². The molecule has 4 aliphatic rings. The minimum atomic E-state index is -4.53. The van der Waals surface area contributed by atoms with Gasteiger partial charge in [0.05, 0.1) is 6.54 Å². The first-order chi connectivity index (χ1) is 43.5. The van der Waals surface area contributed by atoms with E-state index in [2.05, 4.69) is 35.1 Å². The quantitative estimate of drug-likeness (QED) is 0.0321. The fraction of sp³-hybridized carbons (Fsp3) is 0.766. The summed E-state index contributed by atoms with van der Waals surface area (Å²) in [6.07, 6.45) is 3.52. The maximum absolute atomic E-state index is 12.3. The van der Waals surface area contributed by atoms with Crippen LogP contribution in [-0.2, 0) is 82.0 Å². The van der Waals surface area contributed by atoms with Gasteiger partial charge in [0, 0.05) is 147 Å². The van der Waals surface area contributed by atoms with Gasteiger partial charge >= 0.3 is 0 Å². The number of nitrogens with zero attached hydrogens (tertiary/aromatic N) is 4. The fourth-order valence-electron chi connectivity index (χ4n) is 10.5. The summed E-state index contributed by atoms with van der Waals surface area (Å²) in [7, 11) is -4.53. The maximum atomic E-state index is 12.3. The molecule has 12 amide bonds. The number of rotatable bonds is 40. The van der Waals surface area contributed by atoms with Crippen LogP contribution in [0.2, 0.25) is 0 Å². The van der Waals surface area contributed by atoms with Crippen LogP contribution in [0.4, 0.5) is 0 Å². The lowest BCUT2D eigenvalue weighted by Gasteiger charge is -2.18. The van der Waals surface area contributed by atoms with Crippen molar-refractivity contribution in [2.45, 2.75) is 202 Å². The molecule has 0 bridgehead atoms. The Hall–Kier alpha value is -5.94. The van der Waals surface area contributed by atoms with Crippen molar-refractivity contribution in [3.05, 3.63) is 0 Å². The molecule has 526 valence electrons. The number of imide groups is 4. The number of hydrogen-bond donors (Lipinski definition) is 5. The Morgan fingerprint density at radius 3 is 1.14 bits per heavy atom. The zero-order chi connectivity index (χ0) is 70.4. The van der Waals surface area contributed by atoms with Gasteiger partial charge in [-0.3, -0.25) is 96.1 Å². The topological polar surface area (TPSA) is 372 Å². The largest absolute Gasteiger partial charge is 0.356 e.